The molecule has 2 amide bonds. The van der Waals surface area contributed by atoms with E-state index in [1.54, 1.807) is 25.1 Å². The maximum Gasteiger partial charge on any atom is 0.264 e. The van der Waals surface area contributed by atoms with Gasteiger partial charge >= 0.3 is 0 Å². The zero-order valence-electron chi connectivity index (χ0n) is 23.0. The summed E-state index contributed by atoms with van der Waals surface area (Å²) < 4.78 is 43.2. The van der Waals surface area contributed by atoms with Crippen molar-refractivity contribution in [1.29, 1.82) is 0 Å². The molecule has 0 fully saturated rings. The molecule has 1 N–H and O–H groups in total. The maximum absolute atomic E-state index is 15.0. The molecular formula is C30H36FN3O4S. The Balaban J connectivity index is 2.09. The van der Waals surface area contributed by atoms with Crippen LogP contribution in [0.25, 0.3) is 0 Å². The molecule has 3 aromatic rings. The van der Waals surface area contributed by atoms with Crippen molar-refractivity contribution in [3.63, 3.8) is 0 Å². The summed E-state index contributed by atoms with van der Waals surface area (Å²) in [5, 5.41) is 2.93. The Kier molecular flexibility index (Phi) is 9.50. The van der Waals surface area contributed by atoms with E-state index in [4.69, 9.17) is 0 Å². The Bertz CT molecular complexity index is 1400. The lowest BCUT2D eigenvalue weighted by molar-refractivity contribution is -0.141. The number of hydrogen-bond donors (Lipinski definition) is 1. The van der Waals surface area contributed by atoms with Crippen molar-refractivity contribution in [1.82, 2.24) is 10.2 Å². The number of hydrogen-bond acceptors (Lipinski definition) is 4. The van der Waals surface area contributed by atoms with Gasteiger partial charge in [-0.15, -0.1) is 0 Å². The Morgan fingerprint density at radius 3 is 2.10 bits per heavy atom. The van der Waals surface area contributed by atoms with Gasteiger partial charge in [0.2, 0.25) is 11.8 Å². The number of aryl methyl sites for hydroxylation is 1. The Hall–Kier alpha value is -3.72. The number of nitrogens with one attached hydrogen (secondary N) is 1. The van der Waals surface area contributed by atoms with Crippen molar-refractivity contribution in [2.45, 2.75) is 64.1 Å². The molecule has 7 nitrogen and oxygen atoms in total. The maximum atomic E-state index is 15.0. The average molecular weight is 554 g/mol. The molecule has 0 aromatic heterocycles. The van der Waals surface area contributed by atoms with E-state index in [2.05, 4.69) is 5.32 Å². The Morgan fingerprint density at radius 1 is 0.923 bits per heavy atom. The molecule has 208 valence electrons. The second-order valence-electron chi connectivity index (χ2n) is 10.4. The quantitative estimate of drug-likeness (QED) is 0.381. The molecule has 0 radical (unpaired) electrons. The van der Waals surface area contributed by atoms with Crippen LogP contribution < -0.4 is 9.62 Å². The fourth-order valence-electron chi connectivity index (χ4n) is 4.23. The van der Waals surface area contributed by atoms with Gasteiger partial charge in [-0.1, -0.05) is 61.5 Å². The molecule has 39 heavy (non-hydrogen) atoms. The molecule has 0 unspecified atom stereocenters. The first kappa shape index (κ1) is 29.8. The molecule has 0 aliphatic carbocycles. The lowest BCUT2D eigenvalue weighted by atomic mass is 10.0. The van der Waals surface area contributed by atoms with E-state index >= 15 is 0 Å². The molecule has 3 rings (SSSR count). The molecule has 0 aliphatic heterocycles. The zero-order valence-corrected chi connectivity index (χ0v) is 23.8. The standard InChI is InChI=1S/C30H36FN3O4S/c1-6-26(29(36)32-30(3,4)5)33(20-23-15-11-10-14-22(23)2)28(35)21-34(27-19-13-12-18-25(27)31)39(37,38)24-16-8-7-9-17-24/h7-19,26H,6,20-21H2,1-5H3,(H,32,36)/t26-/m0/s1. The number of rotatable bonds is 10. The van der Waals surface area contributed by atoms with Gasteiger partial charge in [0.1, 0.15) is 18.4 Å². The number of carbonyl (C=O) groups is 2. The summed E-state index contributed by atoms with van der Waals surface area (Å²) in [5.41, 5.74) is 0.941. The second kappa shape index (κ2) is 12.4. The number of amides is 2. The van der Waals surface area contributed by atoms with Crippen LogP contribution in [-0.4, -0.2) is 43.3 Å². The Labute approximate surface area is 230 Å². The van der Waals surface area contributed by atoms with Gasteiger partial charge in [0.05, 0.1) is 10.6 Å². The summed E-state index contributed by atoms with van der Waals surface area (Å²) in [5.74, 6) is -1.76. The highest BCUT2D eigenvalue weighted by Crippen LogP contribution is 2.27. The SMILES string of the molecule is CC[C@@H](C(=O)NC(C)(C)C)N(Cc1ccccc1C)C(=O)CN(c1ccccc1F)S(=O)(=O)c1ccccc1. The summed E-state index contributed by atoms with van der Waals surface area (Å²) in [6, 6.07) is 19.6. The third-order valence-corrected chi connectivity index (χ3v) is 7.99. The molecule has 9 heteroatoms. The smallest absolute Gasteiger partial charge is 0.264 e. The van der Waals surface area contributed by atoms with Gasteiger partial charge in [-0.2, -0.15) is 0 Å². The van der Waals surface area contributed by atoms with Crippen molar-refractivity contribution >= 4 is 27.5 Å². The topological polar surface area (TPSA) is 86.8 Å². The van der Waals surface area contributed by atoms with E-state index in [1.165, 1.54) is 35.2 Å². The number of sulfonamides is 1. The first-order valence-electron chi connectivity index (χ1n) is 12.8. The normalized spacial score (nSPS) is 12.5. The molecular weight excluding hydrogens is 517 g/mol. The molecule has 0 spiro atoms. The summed E-state index contributed by atoms with van der Waals surface area (Å²) in [7, 11) is -4.32. The van der Waals surface area contributed by atoms with Gasteiger partial charge < -0.3 is 10.2 Å². The minimum absolute atomic E-state index is 0.0796. The average Bonchev–Trinajstić information content (AvgIpc) is 2.88. The van der Waals surface area contributed by atoms with Gasteiger partial charge in [0, 0.05) is 12.1 Å². The van der Waals surface area contributed by atoms with Crippen molar-refractivity contribution in [3.8, 4) is 0 Å². The second-order valence-corrected chi connectivity index (χ2v) is 12.2. The number of anilines is 1. The van der Waals surface area contributed by atoms with Crippen molar-refractivity contribution < 1.29 is 22.4 Å². The van der Waals surface area contributed by atoms with E-state index in [1.807, 2.05) is 52.0 Å². The van der Waals surface area contributed by atoms with E-state index in [-0.39, 0.29) is 23.0 Å². The minimum Gasteiger partial charge on any atom is -0.350 e. The highest BCUT2D eigenvalue weighted by molar-refractivity contribution is 7.92. The number of nitrogens with zero attached hydrogens (tertiary/aromatic N) is 2. The third kappa shape index (κ3) is 7.44. The van der Waals surface area contributed by atoms with Crippen LogP contribution >= 0.6 is 0 Å². The van der Waals surface area contributed by atoms with Gasteiger partial charge in [-0.05, 0) is 69.5 Å². The molecule has 3 aromatic carbocycles. The highest BCUT2D eigenvalue weighted by atomic mass is 32.2. The minimum atomic E-state index is -4.32. The number of para-hydroxylation sites is 1. The summed E-state index contributed by atoms with van der Waals surface area (Å²) in [4.78, 5) is 28.7. The lowest BCUT2D eigenvalue weighted by Gasteiger charge is -2.35. The molecule has 0 heterocycles. The van der Waals surface area contributed by atoms with Crippen molar-refractivity contribution in [2.75, 3.05) is 10.8 Å². The zero-order chi connectivity index (χ0) is 28.8. The molecule has 0 aliphatic rings. The fraction of sp³-hybridized carbons (Fsp3) is 0.333. The van der Waals surface area contributed by atoms with Crippen LogP contribution in [0, 0.1) is 12.7 Å². The van der Waals surface area contributed by atoms with E-state index in [0.29, 0.717) is 6.42 Å². The van der Waals surface area contributed by atoms with Crippen LogP contribution in [0.2, 0.25) is 0 Å². The predicted molar refractivity (Wildman–Crippen MR) is 151 cm³/mol. The van der Waals surface area contributed by atoms with Crippen LogP contribution in [0.5, 0.6) is 0 Å². The Morgan fingerprint density at radius 2 is 1.51 bits per heavy atom. The number of carbonyl (C=O) groups excluding carboxylic acids is 2. The fourth-order valence-corrected chi connectivity index (χ4v) is 5.67. The van der Waals surface area contributed by atoms with E-state index in [9.17, 15) is 22.4 Å². The summed E-state index contributed by atoms with van der Waals surface area (Å²) in [6.45, 7) is 8.62. The first-order chi connectivity index (χ1) is 18.3. The highest BCUT2D eigenvalue weighted by Gasteiger charge is 2.35. The summed E-state index contributed by atoms with van der Waals surface area (Å²) >= 11 is 0. The van der Waals surface area contributed by atoms with Crippen LogP contribution in [0.4, 0.5) is 10.1 Å². The monoisotopic (exact) mass is 553 g/mol. The summed E-state index contributed by atoms with van der Waals surface area (Å²) in [6.07, 6.45) is 0.296. The van der Waals surface area contributed by atoms with Gasteiger partial charge in [-0.25, -0.2) is 12.8 Å². The van der Waals surface area contributed by atoms with E-state index < -0.39 is 39.9 Å². The van der Waals surface area contributed by atoms with E-state index in [0.717, 1.165) is 21.5 Å². The lowest BCUT2D eigenvalue weighted by Crippen LogP contribution is -2.55. The number of benzene rings is 3. The van der Waals surface area contributed by atoms with Crippen LogP contribution in [0.15, 0.2) is 83.8 Å². The molecule has 1 atom stereocenters. The third-order valence-electron chi connectivity index (χ3n) is 6.22. The van der Waals surface area contributed by atoms with Crippen LogP contribution in [0.3, 0.4) is 0 Å². The van der Waals surface area contributed by atoms with Gasteiger partial charge in [0.15, 0.2) is 0 Å². The van der Waals surface area contributed by atoms with Gasteiger partial charge in [-0.3, -0.25) is 13.9 Å². The van der Waals surface area contributed by atoms with Crippen molar-refractivity contribution in [2.24, 2.45) is 0 Å². The first-order valence-corrected chi connectivity index (χ1v) is 14.3. The predicted octanol–water partition coefficient (Wildman–Crippen LogP) is 5.05. The molecule has 0 bridgehead atoms. The van der Waals surface area contributed by atoms with Crippen LogP contribution in [0.1, 0.15) is 45.2 Å². The van der Waals surface area contributed by atoms with Gasteiger partial charge in [0.25, 0.3) is 10.0 Å². The van der Waals surface area contributed by atoms with Crippen molar-refractivity contribution in [3.05, 3.63) is 95.8 Å². The van der Waals surface area contributed by atoms with Crippen LogP contribution in [-0.2, 0) is 26.2 Å². The largest absolute Gasteiger partial charge is 0.350 e. The molecule has 0 saturated heterocycles. The number of halogens is 1. The molecule has 0 saturated carbocycles.